The molecule has 0 bridgehead atoms. The lowest BCUT2D eigenvalue weighted by Crippen LogP contribution is -2.62. The summed E-state index contributed by atoms with van der Waals surface area (Å²) in [7, 11) is 0. The van der Waals surface area contributed by atoms with E-state index in [2.05, 4.69) is 5.32 Å². The number of hydrogen-bond acceptors (Lipinski definition) is 1. The molecular formula is C6H5F3N2O. The van der Waals surface area contributed by atoms with Gasteiger partial charge in [0, 0.05) is 0 Å². The van der Waals surface area contributed by atoms with Crippen molar-refractivity contribution in [1.29, 1.82) is 0 Å². The first-order valence-electron chi connectivity index (χ1n) is 3.30. The van der Waals surface area contributed by atoms with Gasteiger partial charge in [0.2, 0.25) is 0 Å². The molecular weight excluding hydrogens is 173 g/mol. The minimum Gasteiger partial charge on any atom is -0.329 e. The average molecular weight is 178 g/mol. The van der Waals surface area contributed by atoms with Crippen molar-refractivity contribution >= 4 is 6.03 Å². The fourth-order valence-corrected chi connectivity index (χ4v) is 1.37. The summed E-state index contributed by atoms with van der Waals surface area (Å²) >= 11 is 0. The summed E-state index contributed by atoms with van der Waals surface area (Å²) in [5, 5.41) is 3.99. The van der Waals surface area contributed by atoms with Crippen LogP contribution in [0.1, 0.15) is 0 Å². The molecule has 1 saturated heterocycles. The lowest BCUT2D eigenvalue weighted by molar-refractivity contribution is -0.182. The second-order valence-corrected chi connectivity index (χ2v) is 2.80. The van der Waals surface area contributed by atoms with Gasteiger partial charge in [0.05, 0.1) is 6.04 Å². The predicted molar refractivity (Wildman–Crippen MR) is 33.4 cm³/mol. The maximum absolute atomic E-state index is 12.3. The quantitative estimate of drug-likeness (QED) is 0.522. The van der Waals surface area contributed by atoms with Gasteiger partial charge >= 0.3 is 12.2 Å². The van der Waals surface area contributed by atoms with Crippen LogP contribution in [0.25, 0.3) is 0 Å². The molecule has 0 radical (unpaired) electrons. The van der Waals surface area contributed by atoms with Crippen LogP contribution >= 0.6 is 0 Å². The van der Waals surface area contributed by atoms with Gasteiger partial charge in [0.25, 0.3) is 0 Å². The van der Waals surface area contributed by atoms with E-state index >= 15 is 0 Å². The van der Waals surface area contributed by atoms with Gasteiger partial charge in [-0.3, -0.25) is 0 Å². The molecule has 2 atom stereocenters. The molecule has 2 aliphatic rings. The third kappa shape index (κ3) is 0.645. The Kier molecular flexibility index (Phi) is 1.09. The molecule has 2 rings (SSSR count). The van der Waals surface area contributed by atoms with E-state index < -0.39 is 23.8 Å². The molecule has 12 heavy (non-hydrogen) atoms. The maximum atomic E-state index is 12.3. The van der Waals surface area contributed by atoms with Crippen molar-refractivity contribution in [2.45, 2.75) is 17.8 Å². The number of hydrogen-bond donors (Lipinski definition) is 2. The highest BCUT2D eigenvalue weighted by atomic mass is 19.4. The van der Waals surface area contributed by atoms with Crippen LogP contribution in [0.2, 0.25) is 0 Å². The predicted octanol–water partition coefficient (Wildman–Crippen LogP) is 0.539. The van der Waals surface area contributed by atoms with Crippen LogP contribution in [0.3, 0.4) is 0 Å². The van der Waals surface area contributed by atoms with Gasteiger partial charge in [-0.1, -0.05) is 6.08 Å². The summed E-state index contributed by atoms with van der Waals surface area (Å²) in [5.41, 5.74) is -2.15. The van der Waals surface area contributed by atoms with E-state index in [1.807, 2.05) is 5.32 Å². The van der Waals surface area contributed by atoms with Crippen molar-refractivity contribution in [3.8, 4) is 0 Å². The largest absolute Gasteiger partial charge is 0.417 e. The fourth-order valence-electron chi connectivity index (χ4n) is 1.37. The number of fused-ring (bicyclic) bond motifs is 1. The molecule has 1 aliphatic carbocycles. The SMILES string of the molecule is O=C1NC2C=CC2(C(F)(F)F)N1. The molecule has 0 aromatic carbocycles. The van der Waals surface area contributed by atoms with Crippen molar-refractivity contribution in [2.24, 2.45) is 0 Å². The van der Waals surface area contributed by atoms with Crippen LogP contribution in [0.5, 0.6) is 0 Å². The molecule has 6 heteroatoms. The molecule has 1 fully saturated rings. The van der Waals surface area contributed by atoms with E-state index in [1.54, 1.807) is 0 Å². The number of halogens is 3. The van der Waals surface area contributed by atoms with E-state index in [4.69, 9.17) is 0 Å². The first-order valence-corrected chi connectivity index (χ1v) is 3.30. The van der Waals surface area contributed by atoms with Crippen molar-refractivity contribution < 1.29 is 18.0 Å². The number of carbonyl (C=O) groups excluding carboxylic acids is 1. The summed E-state index contributed by atoms with van der Waals surface area (Å²) in [4.78, 5) is 10.6. The Hall–Kier alpha value is -1.20. The van der Waals surface area contributed by atoms with Crippen molar-refractivity contribution in [3.63, 3.8) is 0 Å². The first kappa shape index (κ1) is 7.45. The molecule has 66 valence electrons. The van der Waals surface area contributed by atoms with E-state index in [0.29, 0.717) is 0 Å². The Labute approximate surface area is 65.6 Å². The molecule has 0 aromatic heterocycles. The highest BCUT2D eigenvalue weighted by molar-refractivity contribution is 5.81. The van der Waals surface area contributed by atoms with E-state index in [1.165, 1.54) is 6.08 Å². The van der Waals surface area contributed by atoms with Crippen LogP contribution in [0.15, 0.2) is 12.2 Å². The second kappa shape index (κ2) is 1.75. The van der Waals surface area contributed by atoms with Crippen LogP contribution in [-0.2, 0) is 0 Å². The Morgan fingerprint density at radius 1 is 1.50 bits per heavy atom. The van der Waals surface area contributed by atoms with Gasteiger partial charge in [0.15, 0.2) is 5.54 Å². The van der Waals surface area contributed by atoms with Crippen LogP contribution in [0.4, 0.5) is 18.0 Å². The molecule has 0 saturated carbocycles. The van der Waals surface area contributed by atoms with Gasteiger partial charge in [-0.2, -0.15) is 13.2 Å². The zero-order chi connectivity index (χ0) is 8.98. The van der Waals surface area contributed by atoms with Crippen LogP contribution in [0, 0.1) is 0 Å². The highest BCUT2D eigenvalue weighted by Crippen LogP contribution is 2.42. The number of carbonyl (C=O) groups is 1. The lowest BCUT2D eigenvalue weighted by atomic mass is 9.81. The fraction of sp³-hybridized carbons (Fsp3) is 0.500. The van der Waals surface area contributed by atoms with Gasteiger partial charge < -0.3 is 10.6 Å². The molecule has 2 N–H and O–H groups in total. The Morgan fingerprint density at radius 3 is 2.42 bits per heavy atom. The number of urea groups is 1. The van der Waals surface area contributed by atoms with E-state index in [0.717, 1.165) is 6.08 Å². The Morgan fingerprint density at radius 2 is 2.17 bits per heavy atom. The summed E-state index contributed by atoms with van der Waals surface area (Å²) in [6.45, 7) is 0. The summed E-state index contributed by atoms with van der Waals surface area (Å²) < 4.78 is 36.9. The number of alkyl halides is 3. The minimum absolute atomic E-state index is 0.776. The van der Waals surface area contributed by atoms with Crippen molar-refractivity contribution in [2.75, 3.05) is 0 Å². The average Bonchev–Trinajstić information content (AvgIpc) is 2.09. The summed E-state index contributed by atoms with van der Waals surface area (Å²) in [6, 6.07) is -1.72. The smallest absolute Gasteiger partial charge is 0.329 e. The normalized spacial score (nSPS) is 38.2. The molecule has 1 aliphatic heterocycles. The molecule has 1 heterocycles. The summed E-state index contributed by atoms with van der Waals surface area (Å²) in [6.07, 6.45) is -2.16. The van der Waals surface area contributed by atoms with Crippen LogP contribution < -0.4 is 10.6 Å². The first-order chi connectivity index (χ1) is 5.46. The second-order valence-electron chi connectivity index (χ2n) is 2.80. The van der Waals surface area contributed by atoms with Crippen molar-refractivity contribution in [3.05, 3.63) is 12.2 Å². The zero-order valence-corrected chi connectivity index (χ0v) is 5.77. The maximum Gasteiger partial charge on any atom is 0.417 e. The molecule has 2 unspecified atom stereocenters. The minimum atomic E-state index is -4.43. The van der Waals surface area contributed by atoms with Gasteiger partial charge in [-0.25, -0.2) is 4.79 Å². The van der Waals surface area contributed by atoms with Gasteiger partial charge in [-0.15, -0.1) is 0 Å². The van der Waals surface area contributed by atoms with Gasteiger partial charge in [0.1, 0.15) is 0 Å². The molecule has 3 nitrogen and oxygen atoms in total. The number of amides is 2. The summed E-state index contributed by atoms with van der Waals surface area (Å²) in [5.74, 6) is 0. The molecule has 2 amide bonds. The van der Waals surface area contributed by atoms with Gasteiger partial charge in [-0.05, 0) is 6.08 Å². The van der Waals surface area contributed by atoms with Crippen LogP contribution in [-0.4, -0.2) is 23.8 Å². The molecule has 0 spiro atoms. The standard InChI is InChI=1S/C6H5F3N2O/c7-6(8,9)5-2-1-3(5)10-4(12)11-5/h1-3H,(H2,10,11,12). The number of nitrogens with one attached hydrogen (secondary N) is 2. The zero-order valence-electron chi connectivity index (χ0n) is 5.77. The molecule has 0 aromatic rings. The van der Waals surface area contributed by atoms with E-state index in [-0.39, 0.29) is 0 Å². The third-order valence-electron chi connectivity index (χ3n) is 2.12. The Bertz CT molecular complexity index is 272. The van der Waals surface area contributed by atoms with Crippen molar-refractivity contribution in [1.82, 2.24) is 10.6 Å². The number of rotatable bonds is 0. The Balaban J connectivity index is 2.34. The monoisotopic (exact) mass is 178 g/mol. The van der Waals surface area contributed by atoms with E-state index in [9.17, 15) is 18.0 Å². The lowest BCUT2D eigenvalue weighted by Gasteiger charge is -2.37. The third-order valence-corrected chi connectivity index (χ3v) is 2.12. The topological polar surface area (TPSA) is 41.1 Å². The highest BCUT2D eigenvalue weighted by Gasteiger charge is 2.65.